The first kappa shape index (κ1) is 37.3. The predicted molar refractivity (Wildman–Crippen MR) is 149 cm³/mol. The van der Waals surface area contributed by atoms with E-state index in [1.165, 1.54) is 14.2 Å². The second kappa shape index (κ2) is 23.3. The molecule has 0 bridgehead atoms. The lowest BCUT2D eigenvalue weighted by molar-refractivity contribution is -0.140. The summed E-state index contributed by atoms with van der Waals surface area (Å²) in [6.45, 7) is 4.21. The van der Waals surface area contributed by atoms with Gasteiger partial charge in [0.05, 0.1) is 26.8 Å². The third kappa shape index (κ3) is 19.0. The molecular weight excluding hydrogens is 530 g/mol. The van der Waals surface area contributed by atoms with Crippen LogP contribution in [-0.4, -0.2) is 76.0 Å². The molecule has 0 saturated heterocycles. The highest BCUT2D eigenvalue weighted by Gasteiger charge is 2.09. The molecule has 2 aromatic carbocycles. The zero-order valence-corrected chi connectivity index (χ0v) is 23.3. The Morgan fingerprint density at radius 3 is 1.62 bits per heavy atom. The Balaban J connectivity index is 0. The summed E-state index contributed by atoms with van der Waals surface area (Å²) in [5.74, 6) is 3.73. The number of aldehydes is 1. The highest BCUT2D eigenvalue weighted by atomic mass is 35.5. The van der Waals surface area contributed by atoms with Gasteiger partial charge < -0.3 is 30.2 Å². The van der Waals surface area contributed by atoms with E-state index in [1.807, 2.05) is 31.2 Å². The minimum absolute atomic E-state index is 0. The molecule has 12 nitrogen and oxygen atoms in total. The summed E-state index contributed by atoms with van der Waals surface area (Å²) < 4.78 is 8.70. The number of carbonyl (C=O) groups is 5. The average molecular weight is 568 g/mol. The Kier molecular flexibility index (Phi) is 22.3. The molecule has 0 fully saturated rings. The number of hydrazine groups is 1. The lowest BCUT2D eigenvalue weighted by Crippen LogP contribution is -2.41. The van der Waals surface area contributed by atoms with Gasteiger partial charge in [0, 0.05) is 23.7 Å². The van der Waals surface area contributed by atoms with Crippen LogP contribution in [0.25, 0.3) is 0 Å². The van der Waals surface area contributed by atoms with Crippen LogP contribution < -0.4 is 27.2 Å². The van der Waals surface area contributed by atoms with Crippen LogP contribution in [0.5, 0.6) is 0 Å². The first-order chi connectivity index (χ1) is 18.2. The number of nitrogens with two attached hydrogens (primary N) is 1. The standard InChI is InChI=1S/C13H18N2O3.C10H11NO2.C3H8N2O2.ClH/c1-10(8-14-9-12(16)18-2)15-13(17)11-6-4-3-5-7-11;1-8(7-12)11-10(13)9-5-3-2-4-6-9;1-7-3(6)2-5-4;/h3-7,10,14H,8-9H2,1-2H3,(H,15,17);2-8H,1H3,(H,11,13);5H,2,4H2,1H3;1H/t10-;8-;;/m11../s1. The van der Waals surface area contributed by atoms with Crippen molar-refractivity contribution in [2.75, 3.05) is 33.9 Å². The van der Waals surface area contributed by atoms with E-state index < -0.39 is 6.04 Å². The Hall–Kier alpha value is -3.84. The van der Waals surface area contributed by atoms with Gasteiger partial charge in [-0.2, -0.15) is 0 Å². The van der Waals surface area contributed by atoms with E-state index in [2.05, 4.69) is 30.8 Å². The number of carbonyl (C=O) groups excluding carboxylic acids is 5. The van der Waals surface area contributed by atoms with Crippen molar-refractivity contribution in [1.82, 2.24) is 21.4 Å². The maximum absolute atomic E-state index is 11.8. The highest BCUT2D eigenvalue weighted by molar-refractivity contribution is 5.95. The monoisotopic (exact) mass is 567 g/mol. The van der Waals surface area contributed by atoms with Crippen molar-refractivity contribution in [1.29, 1.82) is 0 Å². The largest absolute Gasteiger partial charge is 0.468 e. The van der Waals surface area contributed by atoms with E-state index >= 15 is 0 Å². The number of amides is 2. The van der Waals surface area contributed by atoms with Gasteiger partial charge in [-0.15, -0.1) is 12.4 Å². The van der Waals surface area contributed by atoms with Crippen LogP contribution in [-0.2, 0) is 23.9 Å². The molecule has 216 valence electrons. The minimum atomic E-state index is -0.437. The minimum Gasteiger partial charge on any atom is -0.468 e. The van der Waals surface area contributed by atoms with Crippen LogP contribution in [0, 0.1) is 0 Å². The van der Waals surface area contributed by atoms with Crippen LogP contribution in [0.15, 0.2) is 60.7 Å². The topological polar surface area (TPSA) is 178 Å². The third-order valence-corrected chi connectivity index (χ3v) is 4.43. The first-order valence-electron chi connectivity index (χ1n) is 11.6. The summed E-state index contributed by atoms with van der Waals surface area (Å²) in [5.41, 5.74) is 3.33. The maximum Gasteiger partial charge on any atom is 0.321 e. The lowest BCUT2D eigenvalue weighted by Gasteiger charge is -2.14. The van der Waals surface area contributed by atoms with E-state index in [0.29, 0.717) is 24.0 Å². The van der Waals surface area contributed by atoms with E-state index in [0.717, 1.165) is 0 Å². The molecule has 13 heteroatoms. The second-order valence-electron chi connectivity index (χ2n) is 7.67. The van der Waals surface area contributed by atoms with Crippen molar-refractivity contribution < 1.29 is 33.4 Å². The summed E-state index contributed by atoms with van der Waals surface area (Å²) in [6, 6.07) is 17.3. The molecule has 2 rings (SSSR count). The molecule has 0 aromatic heterocycles. The van der Waals surface area contributed by atoms with Crippen molar-refractivity contribution in [3.05, 3.63) is 71.8 Å². The van der Waals surface area contributed by atoms with Gasteiger partial charge in [-0.05, 0) is 38.1 Å². The Morgan fingerprint density at radius 1 is 0.795 bits per heavy atom. The van der Waals surface area contributed by atoms with E-state index in [-0.39, 0.29) is 55.3 Å². The molecule has 0 saturated carbocycles. The zero-order valence-electron chi connectivity index (χ0n) is 22.5. The molecule has 0 aliphatic rings. The molecule has 2 aromatic rings. The SMILES string of the molecule is COC(=O)CNC[C@@H](C)NC(=O)c1ccccc1.COC(=O)CNN.C[C@H](C=O)NC(=O)c1ccccc1.Cl. The summed E-state index contributed by atoms with van der Waals surface area (Å²) in [4.78, 5) is 54.3. The van der Waals surface area contributed by atoms with Gasteiger partial charge in [-0.25, -0.2) is 5.43 Å². The van der Waals surface area contributed by atoms with E-state index in [1.54, 1.807) is 43.3 Å². The summed E-state index contributed by atoms with van der Waals surface area (Å²) >= 11 is 0. The molecule has 6 N–H and O–H groups in total. The van der Waals surface area contributed by atoms with Crippen molar-refractivity contribution >= 4 is 42.4 Å². The van der Waals surface area contributed by atoms with Crippen molar-refractivity contribution in [3.8, 4) is 0 Å². The number of methoxy groups -OCH3 is 2. The van der Waals surface area contributed by atoms with Gasteiger partial charge in [-0.3, -0.25) is 25.0 Å². The second-order valence-corrected chi connectivity index (χ2v) is 7.67. The number of hydrogen-bond donors (Lipinski definition) is 5. The highest BCUT2D eigenvalue weighted by Crippen LogP contribution is 1.99. The van der Waals surface area contributed by atoms with Gasteiger partial charge in [0.1, 0.15) is 12.8 Å². The van der Waals surface area contributed by atoms with Crippen molar-refractivity contribution in [2.24, 2.45) is 5.84 Å². The first-order valence-corrected chi connectivity index (χ1v) is 11.6. The number of esters is 2. The van der Waals surface area contributed by atoms with Gasteiger partial charge in [0.2, 0.25) is 0 Å². The van der Waals surface area contributed by atoms with E-state index in [4.69, 9.17) is 5.84 Å². The molecule has 0 aliphatic carbocycles. The third-order valence-electron chi connectivity index (χ3n) is 4.43. The summed E-state index contributed by atoms with van der Waals surface area (Å²) in [6.07, 6.45) is 0.695. The molecular formula is C26H38ClN5O7. The van der Waals surface area contributed by atoms with Crippen LogP contribution in [0.4, 0.5) is 0 Å². The molecule has 39 heavy (non-hydrogen) atoms. The van der Waals surface area contributed by atoms with Crippen LogP contribution in [0.3, 0.4) is 0 Å². The molecule has 2 atom stereocenters. The molecule has 0 unspecified atom stereocenters. The average Bonchev–Trinajstić information content (AvgIpc) is 2.94. The molecule has 0 radical (unpaired) electrons. The van der Waals surface area contributed by atoms with Gasteiger partial charge in [0.15, 0.2) is 0 Å². The van der Waals surface area contributed by atoms with Crippen LogP contribution in [0.2, 0.25) is 0 Å². The number of nitrogens with one attached hydrogen (secondary N) is 4. The van der Waals surface area contributed by atoms with Gasteiger partial charge in [0.25, 0.3) is 11.8 Å². The molecule has 0 heterocycles. The quantitative estimate of drug-likeness (QED) is 0.112. The van der Waals surface area contributed by atoms with Gasteiger partial charge >= 0.3 is 11.9 Å². The van der Waals surface area contributed by atoms with Crippen molar-refractivity contribution in [3.63, 3.8) is 0 Å². The lowest BCUT2D eigenvalue weighted by atomic mass is 10.2. The maximum atomic E-state index is 11.8. The molecule has 0 aliphatic heterocycles. The van der Waals surface area contributed by atoms with E-state index in [9.17, 15) is 24.0 Å². The predicted octanol–water partition coefficient (Wildman–Crippen LogP) is 0.616. The fourth-order valence-corrected chi connectivity index (χ4v) is 2.48. The van der Waals surface area contributed by atoms with Crippen molar-refractivity contribution in [2.45, 2.75) is 25.9 Å². The number of halogens is 1. The summed E-state index contributed by atoms with van der Waals surface area (Å²) in [7, 11) is 2.64. The zero-order chi connectivity index (χ0) is 28.8. The Labute approximate surface area is 234 Å². The molecule has 2 amide bonds. The smallest absolute Gasteiger partial charge is 0.321 e. The van der Waals surface area contributed by atoms with Crippen LogP contribution in [0.1, 0.15) is 34.6 Å². The number of hydrogen-bond acceptors (Lipinski definition) is 10. The summed E-state index contributed by atoms with van der Waals surface area (Å²) in [5, 5.41) is 8.28. The number of benzene rings is 2. The fourth-order valence-electron chi connectivity index (χ4n) is 2.48. The Morgan fingerprint density at radius 2 is 1.23 bits per heavy atom. The number of ether oxygens (including phenoxy) is 2. The normalized spacial score (nSPS) is 10.8. The van der Waals surface area contributed by atoms with Gasteiger partial charge in [-0.1, -0.05) is 36.4 Å². The molecule has 0 spiro atoms. The van der Waals surface area contributed by atoms with Crippen LogP contribution >= 0.6 is 12.4 Å². The fraction of sp³-hybridized carbons (Fsp3) is 0.346. The Bertz CT molecular complexity index is 981. The number of rotatable bonds is 11.